The quantitative estimate of drug-likeness (QED) is 0.384. The maximum absolute atomic E-state index is 11.1. The fourth-order valence-electron chi connectivity index (χ4n) is 2.33. The first kappa shape index (κ1) is 19.1. The number of benzene rings is 1. The molecule has 0 radical (unpaired) electrons. The van der Waals surface area contributed by atoms with E-state index in [0.29, 0.717) is 6.42 Å². The Morgan fingerprint density at radius 1 is 1.32 bits per heavy atom. The number of para-hydroxylation sites is 1. The van der Waals surface area contributed by atoms with Crippen molar-refractivity contribution in [1.82, 2.24) is 15.6 Å². The van der Waals surface area contributed by atoms with Crippen molar-refractivity contribution in [2.75, 3.05) is 11.9 Å². The Morgan fingerprint density at radius 2 is 2.08 bits per heavy atom. The van der Waals surface area contributed by atoms with Crippen LogP contribution < -0.4 is 16.0 Å². The molecule has 1 heterocycles. The van der Waals surface area contributed by atoms with E-state index in [0.717, 1.165) is 40.9 Å². The molecule has 4 N–H and O–H groups in total. The lowest BCUT2D eigenvalue weighted by atomic mass is 10.1. The van der Waals surface area contributed by atoms with Crippen LogP contribution in [0.1, 0.15) is 37.9 Å². The Kier molecular flexibility index (Phi) is 7.62. The number of nitrogens with one attached hydrogen (secondary N) is 3. The zero-order chi connectivity index (χ0) is 18.1. The van der Waals surface area contributed by atoms with E-state index in [4.69, 9.17) is 17.3 Å². The molecule has 134 valence electrons. The third-order valence-electron chi connectivity index (χ3n) is 3.50. The van der Waals surface area contributed by atoms with Gasteiger partial charge in [0.15, 0.2) is 5.13 Å². The molecule has 0 aliphatic heterocycles. The van der Waals surface area contributed by atoms with Crippen LogP contribution in [0.5, 0.6) is 0 Å². The van der Waals surface area contributed by atoms with Gasteiger partial charge in [0.25, 0.3) is 0 Å². The first-order chi connectivity index (χ1) is 12.0. The van der Waals surface area contributed by atoms with Crippen LogP contribution in [0, 0.1) is 0 Å². The number of thiazole rings is 1. The average Bonchev–Trinajstić information content (AvgIpc) is 3.02. The summed E-state index contributed by atoms with van der Waals surface area (Å²) in [7, 11) is 0. The van der Waals surface area contributed by atoms with Gasteiger partial charge >= 0.3 is 6.09 Å². The molecule has 0 saturated heterocycles. The standard InChI is InChI=1S/C17H22N4O2S2/c1-12(24)18-10-6-5-9-14(21-17(22)23)15-11-25-16(20-15)19-13-7-3-2-4-8-13/h2-4,7-8,11,14,21H,5-6,9-10H2,1H3,(H,18,24)(H,19,20)(H,22,23). The van der Waals surface area contributed by atoms with Crippen LogP contribution in [0.2, 0.25) is 0 Å². The lowest BCUT2D eigenvalue weighted by Crippen LogP contribution is -2.27. The molecule has 25 heavy (non-hydrogen) atoms. The van der Waals surface area contributed by atoms with E-state index in [1.807, 2.05) is 42.6 Å². The number of thiocarbonyl (C=S) groups is 1. The van der Waals surface area contributed by atoms with Gasteiger partial charge in [0, 0.05) is 17.6 Å². The van der Waals surface area contributed by atoms with Gasteiger partial charge in [-0.3, -0.25) is 0 Å². The van der Waals surface area contributed by atoms with Crippen LogP contribution in [0.25, 0.3) is 0 Å². The zero-order valence-corrected chi connectivity index (χ0v) is 15.6. The molecule has 0 fully saturated rings. The SMILES string of the molecule is CC(=S)NCCCCC(NC(=O)O)c1csc(Nc2ccccc2)n1. The largest absolute Gasteiger partial charge is 0.465 e. The van der Waals surface area contributed by atoms with E-state index in [1.54, 1.807) is 0 Å². The molecule has 2 rings (SSSR count). The second-order valence-electron chi connectivity index (χ2n) is 5.55. The molecule has 2 aromatic rings. The lowest BCUT2D eigenvalue weighted by Gasteiger charge is -2.15. The van der Waals surface area contributed by atoms with Crippen molar-refractivity contribution >= 4 is 45.5 Å². The highest BCUT2D eigenvalue weighted by atomic mass is 32.1. The number of hydrogen-bond acceptors (Lipinski definition) is 5. The number of nitrogens with zero attached hydrogens (tertiary/aromatic N) is 1. The van der Waals surface area contributed by atoms with E-state index >= 15 is 0 Å². The summed E-state index contributed by atoms with van der Waals surface area (Å²) in [5.74, 6) is 0. The molecule has 0 saturated carbocycles. The van der Waals surface area contributed by atoms with Crippen molar-refractivity contribution < 1.29 is 9.90 Å². The molecule has 0 aliphatic carbocycles. The van der Waals surface area contributed by atoms with Crippen LogP contribution in [0.4, 0.5) is 15.6 Å². The van der Waals surface area contributed by atoms with Crippen molar-refractivity contribution in [3.63, 3.8) is 0 Å². The first-order valence-electron chi connectivity index (χ1n) is 8.06. The highest BCUT2D eigenvalue weighted by Gasteiger charge is 2.17. The van der Waals surface area contributed by atoms with E-state index in [-0.39, 0.29) is 6.04 Å². The van der Waals surface area contributed by atoms with Crippen molar-refractivity contribution in [3.05, 3.63) is 41.4 Å². The highest BCUT2D eigenvalue weighted by Crippen LogP contribution is 2.26. The molecule has 8 heteroatoms. The number of anilines is 2. The smallest absolute Gasteiger partial charge is 0.405 e. The Morgan fingerprint density at radius 3 is 2.76 bits per heavy atom. The van der Waals surface area contributed by atoms with Gasteiger partial charge in [0.2, 0.25) is 0 Å². The molecular formula is C17H22N4O2S2. The van der Waals surface area contributed by atoms with Crippen LogP contribution in [-0.4, -0.2) is 27.7 Å². The van der Waals surface area contributed by atoms with Gasteiger partial charge in [-0.15, -0.1) is 11.3 Å². The summed E-state index contributed by atoms with van der Waals surface area (Å²) in [6, 6.07) is 9.45. The minimum absolute atomic E-state index is 0.311. The number of carbonyl (C=O) groups is 1. The van der Waals surface area contributed by atoms with Crippen LogP contribution in [-0.2, 0) is 0 Å². The third-order valence-corrected chi connectivity index (χ3v) is 4.42. The minimum atomic E-state index is -1.04. The fourth-order valence-corrected chi connectivity index (χ4v) is 3.22. The van der Waals surface area contributed by atoms with Crippen molar-refractivity contribution in [1.29, 1.82) is 0 Å². The average molecular weight is 379 g/mol. The Balaban J connectivity index is 1.93. The van der Waals surface area contributed by atoms with Crippen LogP contribution >= 0.6 is 23.6 Å². The van der Waals surface area contributed by atoms with Crippen LogP contribution in [0.3, 0.4) is 0 Å². The Hall–Kier alpha value is -2.19. The molecule has 1 aromatic carbocycles. The number of amides is 1. The van der Waals surface area contributed by atoms with E-state index in [2.05, 4.69) is 20.9 Å². The Bertz CT molecular complexity index is 691. The summed E-state index contributed by atoms with van der Waals surface area (Å²) >= 11 is 6.43. The predicted octanol–water partition coefficient (Wildman–Crippen LogP) is 4.30. The number of carboxylic acid groups (broad SMARTS) is 1. The molecular weight excluding hydrogens is 356 g/mol. The normalized spacial score (nSPS) is 11.6. The van der Waals surface area contributed by atoms with Gasteiger partial charge in [-0.25, -0.2) is 9.78 Å². The number of aromatic nitrogens is 1. The maximum atomic E-state index is 11.1. The molecule has 1 amide bonds. The molecule has 0 bridgehead atoms. The van der Waals surface area contributed by atoms with E-state index in [9.17, 15) is 4.79 Å². The van der Waals surface area contributed by atoms with E-state index < -0.39 is 6.09 Å². The number of rotatable bonds is 9. The third kappa shape index (κ3) is 7.06. The molecule has 6 nitrogen and oxygen atoms in total. The second kappa shape index (κ2) is 9.95. The van der Waals surface area contributed by atoms with Crippen molar-refractivity contribution in [2.45, 2.75) is 32.2 Å². The molecule has 0 spiro atoms. The molecule has 1 unspecified atom stereocenters. The van der Waals surface area contributed by atoms with Gasteiger partial charge in [0.05, 0.1) is 16.7 Å². The molecule has 1 aromatic heterocycles. The van der Waals surface area contributed by atoms with Gasteiger partial charge < -0.3 is 21.1 Å². The van der Waals surface area contributed by atoms with E-state index in [1.165, 1.54) is 11.3 Å². The van der Waals surface area contributed by atoms with Gasteiger partial charge in [0.1, 0.15) is 0 Å². The monoisotopic (exact) mass is 378 g/mol. The minimum Gasteiger partial charge on any atom is -0.465 e. The van der Waals surface area contributed by atoms with Gasteiger partial charge in [-0.2, -0.15) is 0 Å². The number of unbranched alkanes of at least 4 members (excludes halogenated alkanes) is 1. The zero-order valence-electron chi connectivity index (χ0n) is 14.0. The Labute approximate surface area is 156 Å². The van der Waals surface area contributed by atoms with Crippen LogP contribution in [0.15, 0.2) is 35.7 Å². The highest BCUT2D eigenvalue weighted by molar-refractivity contribution is 7.80. The van der Waals surface area contributed by atoms with Gasteiger partial charge in [-0.1, -0.05) is 30.4 Å². The summed E-state index contributed by atoms with van der Waals surface area (Å²) in [6.07, 6.45) is 1.45. The maximum Gasteiger partial charge on any atom is 0.405 e. The first-order valence-corrected chi connectivity index (χ1v) is 9.35. The molecule has 1 atom stereocenters. The summed E-state index contributed by atoms with van der Waals surface area (Å²) < 4.78 is 0. The molecule has 0 aliphatic rings. The topological polar surface area (TPSA) is 86.3 Å². The van der Waals surface area contributed by atoms with Crippen molar-refractivity contribution in [3.8, 4) is 0 Å². The fraction of sp³-hybridized carbons (Fsp3) is 0.353. The second-order valence-corrected chi connectivity index (χ2v) is 7.02. The summed E-state index contributed by atoms with van der Waals surface area (Å²) in [5, 5.41) is 20.6. The van der Waals surface area contributed by atoms with Gasteiger partial charge in [-0.05, 0) is 38.3 Å². The predicted molar refractivity (Wildman–Crippen MR) is 106 cm³/mol. The van der Waals surface area contributed by atoms with Crippen molar-refractivity contribution in [2.24, 2.45) is 0 Å². The number of hydrogen-bond donors (Lipinski definition) is 4. The summed E-state index contributed by atoms with van der Waals surface area (Å²) in [6.45, 7) is 2.65. The summed E-state index contributed by atoms with van der Waals surface area (Å²) in [5.41, 5.74) is 1.69. The lowest BCUT2D eigenvalue weighted by molar-refractivity contribution is 0.188. The summed E-state index contributed by atoms with van der Waals surface area (Å²) in [4.78, 5) is 16.4.